The zero-order valence-corrected chi connectivity index (χ0v) is 8.81. The summed E-state index contributed by atoms with van der Waals surface area (Å²) in [7, 11) is 0. The van der Waals surface area contributed by atoms with Crippen LogP contribution in [0.5, 0.6) is 5.75 Å². The maximum Gasteiger partial charge on any atom is 0.253 e. The maximum atomic E-state index is 11.6. The zero-order valence-electron chi connectivity index (χ0n) is 8.81. The monoisotopic (exact) mass is 222 g/mol. The number of pyridine rings is 1. The van der Waals surface area contributed by atoms with E-state index in [2.05, 4.69) is 10.3 Å². The van der Waals surface area contributed by atoms with E-state index in [9.17, 15) is 9.90 Å². The van der Waals surface area contributed by atoms with Gasteiger partial charge in [-0.1, -0.05) is 0 Å². The second-order valence-corrected chi connectivity index (χ2v) is 4.19. The Hall–Kier alpha value is -1.62. The molecule has 5 heteroatoms. The van der Waals surface area contributed by atoms with Crippen LogP contribution >= 0.6 is 0 Å². The lowest BCUT2D eigenvalue weighted by atomic mass is 9.80. The van der Waals surface area contributed by atoms with Crippen LogP contribution in [0.1, 0.15) is 29.6 Å². The number of hydrogen-bond donors (Lipinski definition) is 3. The summed E-state index contributed by atoms with van der Waals surface area (Å²) in [5.41, 5.74) is -0.442. The van der Waals surface area contributed by atoms with E-state index in [-0.39, 0.29) is 18.2 Å². The molecule has 3 N–H and O–H groups in total. The highest BCUT2D eigenvalue weighted by Crippen LogP contribution is 2.30. The quantitative estimate of drug-likeness (QED) is 0.692. The van der Waals surface area contributed by atoms with Crippen molar-refractivity contribution in [3.05, 3.63) is 24.0 Å². The lowest BCUT2D eigenvalue weighted by Crippen LogP contribution is -2.47. The fraction of sp³-hybridized carbons (Fsp3) is 0.455. The van der Waals surface area contributed by atoms with Crippen LogP contribution in [0.4, 0.5) is 0 Å². The first kappa shape index (κ1) is 10.9. The fourth-order valence-corrected chi connectivity index (χ4v) is 1.66. The highest BCUT2D eigenvalue weighted by molar-refractivity contribution is 5.94. The van der Waals surface area contributed by atoms with Gasteiger partial charge in [-0.05, 0) is 25.3 Å². The molecule has 1 amide bonds. The summed E-state index contributed by atoms with van der Waals surface area (Å²) in [6.07, 6.45) is 5.09. The second kappa shape index (κ2) is 4.09. The van der Waals surface area contributed by atoms with Crippen LogP contribution in [-0.4, -0.2) is 33.3 Å². The molecule has 0 aliphatic heterocycles. The smallest absolute Gasteiger partial charge is 0.253 e. The standard InChI is InChI=1S/C11H14N2O3/c14-9-4-8(5-12-6-9)10(15)13-7-11(16)2-1-3-11/h4-6,14,16H,1-3,7H2,(H,13,15). The third kappa shape index (κ3) is 2.30. The molecule has 0 spiro atoms. The van der Waals surface area contributed by atoms with Crippen molar-refractivity contribution < 1.29 is 15.0 Å². The summed E-state index contributed by atoms with van der Waals surface area (Å²) in [6.45, 7) is 0.251. The number of nitrogens with one attached hydrogen (secondary N) is 1. The average Bonchev–Trinajstić information content (AvgIpc) is 2.23. The number of hydrogen-bond acceptors (Lipinski definition) is 4. The summed E-state index contributed by atoms with van der Waals surface area (Å²) in [6, 6.07) is 1.34. The molecule has 1 aromatic rings. The van der Waals surface area contributed by atoms with Crippen LogP contribution in [0.15, 0.2) is 18.5 Å². The molecular formula is C11H14N2O3. The third-order valence-electron chi connectivity index (χ3n) is 2.85. The van der Waals surface area contributed by atoms with Gasteiger partial charge in [0.15, 0.2) is 0 Å². The number of carbonyl (C=O) groups is 1. The molecule has 0 aromatic carbocycles. The van der Waals surface area contributed by atoms with Crippen molar-refractivity contribution in [3.8, 4) is 5.75 Å². The summed E-state index contributed by atoms with van der Waals surface area (Å²) in [5.74, 6) is -0.376. The molecule has 2 rings (SSSR count). The van der Waals surface area contributed by atoms with Crippen LogP contribution in [0.25, 0.3) is 0 Å². The Bertz CT molecular complexity index is 402. The molecule has 1 heterocycles. The molecule has 0 unspecified atom stereocenters. The number of carbonyl (C=O) groups excluding carboxylic acids is 1. The largest absolute Gasteiger partial charge is 0.506 e. The molecule has 1 aromatic heterocycles. The van der Waals surface area contributed by atoms with Gasteiger partial charge in [0.2, 0.25) is 0 Å². The molecule has 0 radical (unpaired) electrons. The Morgan fingerprint density at radius 3 is 2.81 bits per heavy atom. The zero-order chi connectivity index (χ0) is 11.6. The van der Waals surface area contributed by atoms with Gasteiger partial charge >= 0.3 is 0 Å². The number of aromatic nitrogens is 1. The van der Waals surface area contributed by atoms with E-state index in [1.807, 2.05) is 0 Å². The SMILES string of the molecule is O=C(NCC1(O)CCC1)c1cncc(O)c1. The highest BCUT2D eigenvalue weighted by Gasteiger charge is 2.34. The van der Waals surface area contributed by atoms with E-state index < -0.39 is 5.60 Å². The second-order valence-electron chi connectivity index (χ2n) is 4.19. The normalized spacial score (nSPS) is 17.6. The van der Waals surface area contributed by atoms with Crippen molar-refractivity contribution in [1.82, 2.24) is 10.3 Å². The Labute approximate surface area is 93.1 Å². The Morgan fingerprint density at radius 1 is 1.50 bits per heavy atom. The summed E-state index contributed by atoms with van der Waals surface area (Å²) in [4.78, 5) is 15.3. The van der Waals surface area contributed by atoms with E-state index in [4.69, 9.17) is 5.11 Å². The minimum Gasteiger partial charge on any atom is -0.506 e. The van der Waals surface area contributed by atoms with E-state index in [1.54, 1.807) is 0 Å². The molecule has 16 heavy (non-hydrogen) atoms. The minimum absolute atomic E-state index is 0.0463. The van der Waals surface area contributed by atoms with Gasteiger partial charge < -0.3 is 15.5 Å². The van der Waals surface area contributed by atoms with Gasteiger partial charge in [0, 0.05) is 12.7 Å². The number of nitrogens with zero attached hydrogens (tertiary/aromatic N) is 1. The Morgan fingerprint density at radius 2 is 2.25 bits per heavy atom. The van der Waals surface area contributed by atoms with Crippen LogP contribution in [0, 0.1) is 0 Å². The average molecular weight is 222 g/mol. The van der Waals surface area contributed by atoms with Crippen molar-refractivity contribution in [1.29, 1.82) is 0 Å². The Kier molecular flexibility index (Phi) is 2.78. The van der Waals surface area contributed by atoms with Crippen LogP contribution in [-0.2, 0) is 0 Å². The van der Waals surface area contributed by atoms with E-state index >= 15 is 0 Å². The van der Waals surface area contributed by atoms with Crippen LogP contribution in [0.3, 0.4) is 0 Å². The lowest BCUT2D eigenvalue weighted by Gasteiger charge is -2.36. The van der Waals surface area contributed by atoms with Crippen molar-refractivity contribution in [2.75, 3.05) is 6.54 Å². The van der Waals surface area contributed by atoms with E-state index in [0.29, 0.717) is 5.56 Å². The van der Waals surface area contributed by atoms with Gasteiger partial charge in [-0.15, -0.1) is 0 Å². The van der Waals surface area contributed by atoms with Crippen molar-refractivity contribution in [2.45, 2.75) is 24.9 Å². The fourth-order valence-electron chi connectivity index (χ4n) is 1.66. The molecule has 1 fully saturated rings. The lowest BCUT2D eigenvalue weighted by molar-refractivity contribution is -0.0300. The molecule has 86 valence electrons. The van der Waals surface area contributed by atoms with Crippen molar-refractivity contribution in [3.63, 3.8) is 0 Å². The molecule has 0 saturated heterocycles. The van der Waals surface area contributed by atoms with Crippen LogP contribution in [0.2, 0.25) is 0 Å². The Balaban J connectivity index is 1.93. The summed E-state index contributed by atoms with van der Waals surface area (Å²) < 4.78 is 0. The molecule has 5 nitrogen and oxygen atoms in total. The van der Waals surface area contributed by atoms with E-state index in [0.717, 1.165) is 19.3 Å². The summed E-state index contributed by atoms with van der Waals surface area (Å²) in [5, 5.41) is 21.6. The maximum absolute atomic E-state index is 11.6. The molecule has 1 aliphatic rings. The molecule has 0 atom stereocenters. The number of aliphatic hydroxyl groups is 1. The van der Waals surface area contributed by atoms with Crippen molar-refractivity contribution >= 4 is 5.91 Å². The number of rotatable bonds is 3. The van der Waals surface area contributed by atoms with Gasteiger partial charge in [0.1, 0.15) is 5.75 Å². The van der Waals surface area contributed by atoms with E-state index in [1.165, 1.54) is 18.5 Å². The summed E-state index contributed by atoms with van der Waals surface area (Å²) >= 11 is 0. The van der Waals surface area contributed by atoms with Gasteiger partial charge in [0.25, 0.3) is 5.91 Å². The van der Waals surface area contributed by atoms with Gasteiger partial charge in [-0.2, -0.15) is 0 Å². The highest BCUT2D eigenvalue weighted by atomic mass is 16.3. The molecule has 0 bridgehead atoms. The first-order valence-electron chi connectivity index (χ1n) is 5.24. The third-order valence-corrected chi connectivity index (χ3v) is 2.85. The predicted octanol–water partition coefficient (Wildman–Crippen LogP) is 0.432. The molecule has 1 saturated carbocycles. The topological polar surface area (TPSA) is 82.5 Å². The first-order valence-corrected chi connectivity index (χ1v) is 5.24. The first-order chi connectivity index (χ1) is 7.59. The molecule has 1 aliphatic carbocycles. The van der Waals surface area contributed by atoms with Gasteiger partial charge in [-0.3, -0.25) is 9.78 Å². The predicted molar refractivity (Wildman–Crippen MR) is 57.0 cm³/mol. The number of aromatic hydroxyl groups is 1. The van der Waals surface area contributed by atoms with Gasteiger partial charge in [0.05, 0.1) is 17.4 Å². The number of amides is 1. The van der Waals surface area contributed by atoms with Crippen LogP contribution < -0.4 is 5.32 Å². The molecular weight excluding hydrogens is 208 g/mol. The van der Waals surface area contributed by atoms with Crippen molar-refractivity contribution in [2.24, 2.45) is 0 Å². The minimum atomic E-state index is -0.736. The van der Waals surface area contributed by atoms with Gasteiger partial charge in [-0.25, -0.2) is 0 Å².